The summed E-state index contributed by atoms with van der Waals surface area (Å²) in [4.78, 5) is 39.5. The van der Waals surface area contributed by atoms with Gasteiger partial charge in [-0.2, -0.15) is 4.31 Å². The molecule has 0 aliphatic carbocycles. The number of methoxy groups -OCH3 is 2. The first-order valence-electron chi connectivity index (χ1n) is 13.9. The molecule has 0 spiro atoms. The first-order valence-corrected chi connectivity index (χ1v) is 16.1. The summed E-state index contributed by atoms with van der Waals surface area (Å²) in [5.74, 6) is -0.237. The van der Waals surface area contributed by atoms with Crippen LogP contribution >= 0.6 is 23.2 Å². The van der Waals surface area contributed by atoms with Gasteiger partial charge in [0.25, 0.3) is 0 Å². The second-order valence-corrected chi connectivity index (χ2v) is 13.2. The highest BCUT2D eigenvalue weighted by atomic mass is 35.5. The van der Waals surface area contributed by atoms with Gasteiger partial charge in [0.05, 0.1) is 37.3 Å². The number of carbonyl (C=O) groups excluding carboxylic acids is 1. The number of H-pyrrole nitrogens is 1. The van der Waals surface area contributed by atoms with Crippen LogP contribution in [0.25, 0.3) is 11.1 Å². The second kappa shape index (κ2) is 13.5. The van der Waals surface area contributed by atoms with E-state index in [4.69, 9.17) is 37.2 Å². The molecule has 0 unspecified atom stereocenters. The fourth-order valence-corrected chi connectivity index (χ4v) is 7.81. The summed E-state index contributed by atoms with van der Waals surface area (Å²) in [5, 5.41) is 3.17. The number of nitrogens with one attached hydrogen (secondary N) is 2. The number of nitrogens with zero attached hydrogens (tertiary/aromatic N) is 2. The maximum absolute atomic E-state index is 13.6. The third kappa shape index (κ3) is 7.12. The minimum atomic E-state index is -4.11. The maximum Gasteiger partial charge on any atom is 0.440 e. The molecule has 45 heavy (non-hydrogen) atoms. The Morgan fingerprint density at radius 3 is 2.27 bits per heavy atom. The predicted octanol–water partition coefficient (Wildman–Crippen LogP) is 3.70. The standard InChI is InChI=1S/C30H30Cl2N4O8S/c1-42-25-6-3-7-26(43-2)27(25)19-10-8-18(9-11-19)13-22(17-35-29(38)34-30(39)44-35)33-28(37)24-5-4-12-36(24)45(40,41)23-15-20(31)14-21(32)16-23/h3,6-11,14-16,22,24H,4-5,12-13,17H2,1-2H3,(H,33,37)(H,34,38,39)/t22-,24-/m0/s1. The van der Waals surface area contributed by atoms with Crippen molar-refractivity contribution in [3.05, 3.63) is 97.3 Å². The van der Waals surface area contributed by atoms with E-state index in [0.29, 0.717) is 17.9 Å². The lowest BCUT2D eigenvalue weighted by Gasteiger charge is -2.26. The number of aromatic nitrogens is 2. The van der Waals surface area contributed by atoms with Gasteiger partial charge in [-0.05, 0) is 60.7 Å². The zero-order valence-electron chi connectivity index (χ0n) is 24.3. The normalized spacial score (nSPS) is 16.0. The summed E-state index contributed by atoms with van der Waals surface area (Å²) in [6.07, 6.45) is 0.955. The average Bonchev–Trinajstić information content (AvgIpc) is 3.63. The monoisotopic (exact) mass is 676 g/mol. The summed E-state index contributed by atoms with van der Waals surface area (Å²) in [5.41, 5.74) is 1.60. The van der Waals surface area contributed by atoms with Crippen molar-refractivity contribution in [2.45, 2.75) is 42.8 Å². The number of hydrogen-bond acceptors (Lipinski definition) is 8. The number of sulfonamides is 1. The van der Waals surface area contributed by atoms with Crippen LogP contribution < -0.4 is 26.2 Å². The van der Waals surface area contributed by atoms with Crippen LogP contribution in [0.4, 0.5) is 0 Å². The van der Waals surface area contributed by atoms with Crippen LogP contribution in [0, 0.1) is 0 Å². The Bertz CT molecular complexity index is 1880. The van der Waals surface area contributed by atoms with Gasteiger partial charge in [0, 0.05) is 16.6 Å². The molecule has 3 aromatic carbocycles. The molecule has 238 valence electrons. The molecule has 4 aromatic rings. The molecule has 2 atom stereocenters. The molecule has 2 N–H and O–H groups in total. The molecule has 0 radical (unpaired) electrons. The lowest BCUT2D eigenvalue weighted by atomic mass is 9.99. The molecule has 1 saturated heterocycles. The number of halogens is 2. The van der Waals surface area contributed by atoms with Crippen LogP contribution in [0.15, 0.2) is 79.7 Å². The smallest absolute Gasteiger partial charge is 0.440 e. The first kappa shape index (κ1) is 32.4. The number of rotatable bonds is 11. The molecule has 2 heterocycles. The predicted molar refractivity (Wildman–Crippen MR) is 168 cm³/mol. The van der Waals surface area contributed by atoms with E-state index in [1.807, 2.05) is 47.4 Å². The van der Waals surface area contributed by atoms with E-state index in [9.17, 15) is 22.8 Å². The van der Waals surface area contributed by atoms with E-state index in [1.54, 1.807) is 14.2 Å². The number of ether oxygens (including phenoxy) is 2. The Kier molecular flexibility index (Phi) is 9.73. The second-order valence-electron chi connectivity index (χ2n) is 10.4. The molecule has 1 fully saturated rings. The van der Waals surface area contributed by atoms with E-state index in [2.05, 4.69) is 5.32 Å². The molecular weight excluding hydrogens is 647 g/mol. The van der Waals surface area contributed by atoms with Crippen molar-refractivity contribution in [1.29, 1.82) is 0 Å². The average molecular weight is 678 g/mol. The summed E-state index contributed by atoms with van der Waals surface area (Å²) >= 11 is 12.1. The molecule has 12 nitrogen and oxygen atoms in total. The van der Waals surface area contributed by atoms with Gasteiger partial charge in [0.1, 0.15) is 17.5 Å². The summed E-state index contributed by atoms with van der Waals surface area (Å²) in [6.45, 7) is -0.0655. The highest BCUT2D eigenvalue weighted by Gasteiger charge is 2.40. The maximum atomic E-state index is 13.6. The highest BCUT2D eigenvalue weighted by molar-refractivity contribution is 7.89. The number of hydrogen-bond donors (Lipinski definition) is 2. The van der Waals surface area contributed by atoms with Crippen molar-refractivity contribution < 1.29 is 27.2 Å². The van der Waals surface area contributed by atoms with Crippen LogP contribution in [-0.4, -0.2) is 61.2 Å². The third-order valence-corrected chi connectivity index (χ3v) is 9.79. The quantitative estimate of drug-likeness (QED) is 0.244. The topological polar surface area (TPSA) is 153 Å². The minimum absolute atomic E-state index is 0.120. The molecule has 1 amide bonds. The zero-order valence-corrected chi connectivity index (χ0v) is 26.6. The van der Waals surface area contributed by atoms with Crippen molar-refractivity contribution in [3.63, 3.8) is 0 Å². The van der Waals surface area contributed by atoms with Crippen molar-refractivity contribution in [3.8, 4) is 22.6 Å². The molecular formula is C30H30Cl2N4O8S. The van der Waals surface area contributed by atoms with Crippen LogP contribution in [0.1, 0.15) is 18.4 Å². The number of amides is 1. The Morgan fingerprint density at radius 1 is 1.04 bits per heavy atom. The highest BCUT2D eigenvalue weighted by Crippen LogP contribution is 2.38. The molecule has 0 bridgehead atoms. The lowest BCUT2D eigenvalue weighted by Crippen LogP contribution is -2.50. The van der Waals surface area contributed by atoms with Gasteiger partial charge in [-0.3, -0.25) is 4.79 Å². The molecule has 5 rings (SSSR count). The largest absolute Gasteiger partial charge is 0.496 e. The number of aromatic amines is 1. The Hall–Kier alpha value is -4.04. The van der Waals surface area contributed by atoms with Gasteiger partial charge in [-0.1, -0.05) is 53.5 Å². The van der Waals surface area contributed by atoms with E-state index in [1.165, 1.54) is 18.2 Å². The lowest BCUT2D eigenvalue weighted by molar-refractivity contribution is -0.125. The van der Waals surface area contributed by atoms with Gasteiger partial charge >= 0.3 is 11.4 Å². The fourth-order valence-electron chi connectivity index (χ4n) is 5.42. The van der Waals surface area contributed by atoms with Crippen molar-refractivity contribution >= 4 is 39.1 Å². The van der Waals surface area contributed by atoms with Crippen molar-refractivity contribution in [2.24, 2.45) is 0 Å². The Balaban J connectivity index is 1.40. The summed E-state index contributed by atoms with van der Waals surface area (Å²) < 4.78 is 45.0. The van der Waals surface area contributed by atoms with E-state index >= 15 is 0 Å². The number of carbonyl (C=O) groups is 1. The van der Waals surface area contributed by atoms with Crippen LogP contribution in [0.5, 0.6) is 11.5 Å². The van der Waals surface area contributed by atoms with E-state index < -0.39 is 39.5 Å². The fraction of sp³-hybridized carbons (Fsp3) is 0.300. The van der Waals surface area contributed by atoms with E-state index in [0.717, 1.165) is 25.7 Å². The van der Waals surface area contributed by atoms with Gasteiger partial charge in [-0.15, -0.1) is 4.74 Å². The first-order chi connectivity index (χ1) is 21.5. The van der Waals surface area contributed by atoms with Gasteiger partial charge in [-0.25, -0.2) is 23.0 Å². The summed E-state index contributed by atoms with van der Waals surface area (Å²) in [7, 11) is -0.971. The summed E-state index contributed by atoms with van der Waals surface area (Å²) in [6, 6.07) is 15.1. The third-order valence-electron chi connectivity index (χ3n) is 7.46. The van der Waals surface area contributed by atoms with Crippen molar-refractivity contribution in [1.82, 2.24) is 19.3 Å². The Morgan fingerprint density at radius 2 is 1.69 bits per heavy atom. The minimum Gasteiger partial charge on any atom is -0.496 e. The van der Waals surface area contributed by atoms with Gasteiger partial charge < -0.3 is 19.3 Å². The molecule has 1 aliphatic heterocycles. The van der Waals surface area contributed by atoms with Crippen molar-refractivity contribution in [2.75, 3.05) is 20.8 Å². The van der Waals surface area contributed by atoms with Gasteiger partial charge in [0.2, 0.25) is 15.9 Å². The van der Waals surface area contributed by atoms with E-state index in [-0.39, 0.29) is 40.9 Å². The SMILES string of the molecule is COc1cccc(OC)c1-c1ccc(C[C@@H](Cn2oc(=O)[nH]c2=O)NC(=O)[C@@H]2CCCN2S(=O)(=O)c2cc(Cl)cc(Cl)c2)cc1. The Labute approximate surface area is 268 Å². The number of benzene rings is 3. The van der Waals surface area contributed by atoms with Crippen LogP contribution in [-0.2, 0) is 27.8 Å². The molecule has 1 aliphatic rings. The van der Waals surface area contributed by atoms with Crippen LogP contribution in [0.3, 0.4) is 0 Å². The molecule has 1 aromatic heterocycles. The zero-order chi connectivity index (χ0) is 32.3. The van der Waals surface area contributed by atoms with Gasteiger partial charge in [0.15, 0.2) is 0 Å². The van der Waals surface area contributed by atoms with Crippen LogP contribution in [0.2, 0.25) is 10.0 Å². The molecule has 0 saturated carbocycles. The molecule has 15 heteroatoms.